The van der Waals surface area contributed by atoms with Crippen molar-refractivity contribution in [3.05, 3.63) is 35.6 Å². The highest BCUT2D eigenvalue weighted by atomic mass is 19.1. The van der Waals surface area contributed by atoms with Crippen LogP contribution in [0.1, 0.15) is 25.3 Å². The SMILES string of the molecule is CC(Cc1ccc(F)cc1)NC(=O)N(CC(=O)O)C1CC1. The topological polar surface area (TPSA) is 69.6 Å². The van der Waals surface area contributed by atoms with Gasteiger partial charge in [-0.05, 0) is 43.9 Å². The van der Waals surface area contributed by atoms with Crippen molar-refractivity contribution in [1.82, 2.24) is 10.2 Å². The number of halogens is 1. The van der Waals surface area contributed by atoms with Crippen LogP contribution < -0.4 is 5.32 Å². The second-order valence-electron chi connectivity index (χ2n) is 5.43. The molecule has 6 heteroatoms. The van der Waals surface area contributed by atoms with Gasteiger partial charge in [0.15, 0.2) is 0 Å². The molecule has 0 spiro atoms. The summed E-state index contributed by atoms with van der Waals surface area (Å²) in [6.07, 6.45) is 2.28. The lowest BCUT2D eigenvalue weighted by atomic mass is 10.1. The Labute approximate surface area is 122 Å². The lowest BCUT2D eigenvalue weighted by Crippen LogP contribution is -2.47. The molecule has 1 aliphatic carbocycles. The summed E-state index contributed by atoms with van der Waals surface area (Å²) in [6.45, 7) is 1.56. The predicted octanol–water partition coefficient (Wildman–Crippen LogP) is 2.02. The molecule has 2 amide bonds. The smallest absolute Gasteiger partial charge is 0.323 e. The highest BCUT2D eigenvalue weighted by molar-refractivity contribution is 5.80. The first kappa shape index (κ1) is 15.3. The third kappa shape index (κ3) is 4.73. The van der Waals surface area contributed by atoms with Crippen LogP contribution in [0.25, 0.3) is 0 Å². The molecular formula is C15H19FN2O3. The summed E-state index contributed by atoms with van der Waals surface area (Å²) in [7, 11) is 0. The quantitative estimate of drug-likeness (QED) is 0.843. The van der Waals surface area contributed by atoms with Crippen molar-refractivity contribution in [3.8, 4) is 0 Å². The summed E-state index contributed by atoms with van der Waals surface area (Å²) in [6, 6.07) is 5.64. The van der Waals surface area contributed by atoms with Crippen LogP contribution in [0.15, 0.2) is 24.3 Å². The lowest BCUT2D eigenvalue weighted by molar-refractivity contribution is -0.137. The molecule has 0 saturated heterocycles. The Morgan fingerprint density at radius 3 is 2.52 bits per heavy atom. The lowest BCUT2D eigenvalue weighted by Gasteiger charge is -2.23. The molecule has 0 aromatic heterocycles. The van der Waals surface area contributed by atoms with E-state index in [9.17, 15) is 14.0 Å². The average Bonchev–Trinajstić information content (AvgIpc) is 3.22. The normalized spacial score (nSPS) is 15.3. The van der Waals surface area contributed by atoms with Gasteiger partial charge in [-0.2, -0.15) is 0 Å². The number of nitrogens with zero attached hydrogens (tertiary/aromatic N) is 1. The largest absolute Gasteiger partial charge is 0.480 e. The van der Waals surface area contributed by atoms with E-state index in [1.165, 1.54) is 17.0 Å². The molecule has 1 atom stereocenters. The van der Waals surface area contributed by atoms with Crippen molar-refractivity contribution >= 4 is 12.0 Å². The second kappa shape index (κ2) is 6.56. The monoisotopic (exact) mass is 294 g/mol. The summed E-state index contributed by atoms with van der Waals surface area (Å²) in [5.41, 5.74) is 0.917. The zero-order chi connectivity index (χ0) is 15.4. The molecule has 5 nitrogen and oxygen atoms in total. The van der Waals surface area contributed by atoms with Crippen LogP contribution in [0.4, 0.5) is 9.18 Å². The summed E-state index contributed by atoms with van der Waals surface area (Å²) in [4.78, 5) is 24.3. The molecule has 21 heavy (non-hydrogen) atoms. The zero-order valence-corrected chi connectivity index (χ0v) is 11.9. The predicted molar refractivity (Wildman–Crippen MR) is 75.5 cm³/mol. The Balaban J connectivity index is 1.88. The first-order valence-electron chi connectivity index (χ1n) is 6.99. The van der Waals surface area contributed by atoms with Crippen molar-refractivity contribution in [1.29, 1.82) is 0 Å². The van der Waals surface area contributed by atoms with Crippen LogP contribution in [0, 0.1) is 5.82 Å². The fourth-order valence-corrected chi connectivity index (χ4v) is 2.22. The molecule has 1 unspecified atom stereocenters. The van der Waals surface area contributed by atoms with Crippen molar-refractivity contribution in [3.63, 3.8) is 0 Å². The first-order valence-corrected chi connectivity index (χ1v) is 6.99. The summed E-state index contributed by atoms with van der Waals surface area (Å²) >= 11 is 0. The maximum atomic E-state index is 12.8. The number of hydrogen-bond donors (Lipinski definition) is 2. The third-order valence-corrected chi connectivity index (χ3v) is 3.38. The molecular weight excluding hydrogens is 275 g/mol. The van der Waals surface area contributed by atoms with E-state index in [4.69, 9.17) is 5.11 Å². The standard InChI is InChI=1S/C15H19FN2O3/c1-10(8-11-2-4-12(16)5-3-11)17-15(21)18(9-14(19)20)13-6-7-13/h2-5,10,13H,6-9H2,1H3,(H,17,21)(H,19,20). The molecule has 2 N–H and O–H groups in total. The van der Waals surface area contributed by atoms with Gasteiger partial charge >= 0.3 is 12.0 Å². The van der Waals surface area contributed by atoms with E-state index < -0.39 is 5.97 Å². The van der Waals surface area contributed by atoms with Crippen molar-refractivity contribution in [2.24, 2.45) is 0 Å². The number of carboxylic acids is 1. The van der Waals surface area contributed by atoms with Gasteiger partial charge in [0.2, 0.25) is 0 Å². The van der Waals surface area contributed by atoms with E-state index in [2.05, 4.69) is 5.32 Å². The highest BCUT2D eigenvalue weighted by Gasteiger charge is 2.34. The van der Waals surface area contributed by atoms with Gasteiger partial charge in [-0.1, -0.05) is 12.1 Å². The van der Waals surface area contributed by atoms with E-state index in [1.807, 2.05) is 6.92 Å². The molecule has 1 aliphatic rings. The molecule has 2 rings (SSSR count). The molecule has 0 radical (unpaired) electrons. The maximum absolute atomic E-state index is 12.8. The zero-order valence-electron chi connectivity index (χ0n) is 11.9. The number of carboxylic acid groups (broad SMARTS) is 1. The van der Waals surface area contributed by atoms with Crippen LogP contribution in [0.3, 0.4) is 0 Å². The van der Waals surface area contributed by atoms with Gasteiger partial charge in [0.25, 0.3) is 0 Å². The van der Waals surface area contributed by atoms with Gasteiger partial charge in [0.1, 0.15) is 12.4 Å². The van der Waals surface area contributed by atoms with Crippen molar-refractivity contribution in [2.75, 3.05) is 6.54 Å². The Hall–Kier alpha value is -2.11. The molecule has 0 heterocycles. The van der Waals surface area contributed by atoms with Crippen LogP contribution in [-0.2, 0) is 11.2 Å². The van der Waals surface area contributed by atoms with Gasteiger partial charge in [-0.25, -0.2) is 9.18 Å². The number of aliphatic carboxylic acids is 1. The Morgan fingerprint density at radius 2 is 2.00 bits per heavy atom. The molecule has 0 aliphatic heterocycles. The van der Waals surface area contributed by atoms with E-state index in [0.29, 0.717) is 6.42 Å². The number of nitrogens with one attached hydrogen (secondary N) is 1. The van der Waals surface area contributed by atoms with Crippen molar-refractivity contribution in [2.45, 2.75) is 38.3 Å². The minimum atomic E-state index is -1.01. The molecule has 1 fully saturated rings. The van der Waals surface area contributed by atoms with Gasteiger partial charge in [-0.15, -0.1) is 0 Å². The van der Waals surface area contributed by atoms with E-state index >= 15 is 0 Å². The number of carbonyl (C=O) groups is 2. The van der Waals surface area contributed by atoms with Gasteiger partial charge in [0.05, 0.1) is 0 Å². The number of rotatable bonds is 6. The van der Waals surface area contributed by atoms with Gasteiger partial charge in [0, 0.05) is 12.1 Å². The highest BCUT2D eigenvalue weighted by Crippen LogP contribution is 2.26. The first-order chi connectivity index (χ1) is 9.95. The summed E-state index contributed by atoms with van der Waals surface area (Å²) in [5.74, 6) is -1.31. The van der Waals surface area contributed by atoms with Crippen LogP contribution >= 0.6 is 0 Å². The van der Waals surface area contributed by atoms with Gasteiger partial charge in [-0.3, -0.25) is 4.79 Å². The van der Waals surface area contributed by atoms with E-state index in [1.54, 1.807) is 12.1 Å². The average molecular weight is 294 g/mol. The van der Waals surface area contributed by atoms with Crippen LogP contribution in [0.5, 0.6) is 0 Å². The number of carbonyl (C=O) groups excluding carboxylic acids is 1. The summed E-state index contributed by atoms with van der Waals surface area (Å²) < 4.78 is 12.8. The molecule has 1 saturated carbocycles. The fraction of sp³-hybridized carbons (Fsp3) is 0.467. The maximum Gasteiger partial charge on any atom is 0.323 e. The third-order valence-electron chi connectivity index (χ3n) is 3.38. The number of hydrogen-bond acceptors (Lipinski definition) is 2. The van der Waals surface area contributed by atoms with E-state index in [-0.39, 0.29) is 30.5 Å². The van der Waals surface area contributed by atoms with Crippen LogP contribution in [0.2, 0.25) is 0 Å². The number of benzene rings is 1. The van der Waals surface area contributed by atoms with Crippen molar-refractivity contribution < 1.29 is 19.1 Å². The van der Waals surface area contributed by atoms with E-state index in [0.717, 1.165) is 18.4 Å². The number of urea groups is 1. The van der Waals surface area contributed by atoms with Gasteiger partial charge < -0.3 is 15.3 Å². The second-order valence-corrected chi connectivity index (χ2v) is 5.43. The Kier molecular flexibility index (Phi) is 4.77. The minimum absolute atomic E-state index is 0.0409. The van der Waals surface area contributed by atoms with Crippen LogP contribution in [-0.4, -0.2) is 40.6 Å². The Bertz CT molecular complexity index is 514. The molecule has 1 aromatic carbocycles. The fourth-order valence-electron chi connectivity index (χ4n) is 2.22. The number of amides is 2. The minimum Gasteiger partial charge on any atom is -0.480 e. The Morgan fingerprint density at radius 1 is 1.38 bits per heavy atom. The molecule has 1 aromatic rings. The molecule has 114 valence electrons. The molecule has 0 bridgehead atoms. The summed E-state index contributed by atoms with van der Waals surface area (Å²) in [5, 5.41) is 11.6.